The number of benzene rings is 1. The molecule has 0 aliphatic carbocycles. The molecular weight excluding hydrogens is 350 g/mol. The van der Waals surface area contributed by atoms with Gasteiger partial charge in [-0.1, -0.05) is 0 Å². The topological polar surface area (TPSA) is 98.7 Å². The second-order valence-corrected chi connectivity index (χ2v) is 6.58. The van der Waals surface area contributed by atoms with Gasteiger partial charge in [0.25, 0.3) is 5.55 Å². The van der Waals surface area contributed by atoms with Gasteiger partial charge in [-0.3, -0.25) is 14.6 Å². The summed E-state index contributed by atoms with van der Waals surface area (Å²) in [5.41, 5.74) is 0.620. The average Bonchev–Trinajstić information content (AvgIpc) is 2.68. The van der Waals surface area contributed by atoms with Crippen molar-refractivity contribution in [3.63, 3.8) is 0 Å². The fraction of sp³-hybridized carbons (Fsp3) is 0.474. The first-order valence-electron chi connectivity index (χ1n) is 9.06. The molecule has 3 rings (SSSR count). The fourth-order valence-corrected chi connectivity index (χ4v) is 3.19. The lowest BCUT2D eigenvalue weighted by molar-refractivity contribution is 0.101. The molecule has 1 aromatic heterocycles. The van der Waals surface area contributed by atoms with Crippen molar-refractivity contribution in [2.24, 2.45) is 5.16 Å². The summed E-state index contributed by atoms with van der Waals surface area (Å²) in [5.74, 6) is 0.428. The summed E-state index contributed by atoms with van der Waals surface area (Å²) < 4.78 is 11.3. The van der Waals surface area contributed by atoms with Gasteiger partial charge >= 0.3 is 0 Å². The maximum Gasteiger partial charge on any atom is 0.266 e. The number of Topliss-reactive ketones (excluding diaryl/α,β-unsaturated/α-hetero) is 1. The van der Waals surface area contributed by atoms with Crippen LogP contribution in [-0.2, 0) is 0 Å². The molecule has 2 aromatic rings. The molecule has 0 bridgehead atoms. The van der Waals surface area contributed by atoms with Crippen molar-refractivity contribution in [1.82, 2.24) is 9.80 Å². The number of nitrogens with zero attached hydrogens (tertiary/aromatic N) is 3. The minimum Gasteiger partial charge on any atom is -0.492 e. The van der Waals surface area contributed by atoms with Crippen LogP contribution < -0.4 is 10.3 Å². The van der Waals surface area contributed by atoms with E-state index in [4.69, 9.17) is 19.5 Å². The average molecular weight is 375 g/mol. The number of ketones is 1. The van der Waals surface area contributed by atoms with Crippen LogP contribution in [0.4, 0.5) is 0 Å². The Labute approximate surface area is 157 Å². The van der Waals surface area contributed by atoms with Crippen LogP contribution in [0.15, 0.2) is 33.8 Å². The van der Waals surface area contributed by atoms with E-state index in [0.29, 0.717) is 17.9 Å². The highest BCUT2D eigenvalue weighted by Crippen LogP contribution is 2.21. The van der Waals surface area contributed by atoms with Gasteiger partial charge in [0.15, 0.2) is 5.78 Å². The smallest absolute Gasteiger partial charge is 0.266 e. The molecule has 0 saturated carbocycles. The number of rotatable bonds is 7. The third-order valence-electron chi connectivity index (χ3n) is 4.75. The molecule has 2 heterocycles. The van der Waals surface area contributed by atoms with Crippen molar-refractivity contribution in [2.75, 3.05) is 52.5 Å². The van der Waals surface area contributed by atoms with Crippen LogP contribution in [0.5, 0.6) is 5.75 Å². The predicted octanol–water partition coefficient (Wildman–Crippen LogP) is 0.914. The number of fused-ring (bicyclic) bond motifs is 1. The Balaban J connectivity index is 1.60. The number of aliphatic hydroxyl groups excluding tert-OH is 1. The molecule has 0 spiro atoms. The monoisotopic (exact) mass is 375 g/mol. The number of piperazine rings is 1. The standard InChI is InChI=1S/C19H25N3O5/c1-14(24)17-12-15-2-3-16(13-18(15)27-19(17)20-25)26-11-9-22-6-4-21(5-7-22)8-10-23/h2-3,12-13,23,25H,4-11H2,1H3. The van der Waals surface area contributed by atoms with E-state index >= 15 is 0 Å². The zero-order valence-electron chi connectivity index (χ0n) is 15.4. The molecule has 146 valence electrons. The molecule has 1 aliphatic rings. The Morgan fingerprint density at radius 1 is 1.19 bits per heavy atom. The van der Waals surface area contributed by atoms with Gasteiger partial charge < -0.3 is 19.5 Å². The molecule has 1 aromatic carbocycles. The molecule has 8 heteroatoms. The van der Waals surface area contributed by atoms with E-state index in [1.54, 1.807) is 12.1 Å². The van der Waals surface area contributed by atoms with Crippen LogP contribution in [0.1, 0.15) is 17.3 Å². The first kappa shape index (κ1) is 19.3. The summed E-state index contributed by atoms with van der Waals surface area (Å²) in [4.78, 5) is 16.2. The number of hydrogen-bond donors (Lipinski definition) is 2. The highest BCUT2D eigenvalue weighted by atomic mass is 16.5. The molecule has 8 nitrogen and oxygen atoms in total. The van der Waals surface area contributed by atoms with Gasteiger partial charge in [0.2, 0.25) is 0 Å². The van der Waals surface area contributed by atoms with Crippen molar-refractivity contribution < 1.29 is 24.3 Å². The minimum atomic E-state index is -0.229. The number of carbonyl (C=O) groups excluding carboxylic acids is 1. The zero-order chi connectivity index (χ0) is 19.2. The molecule has 0 amide bonds. The summed E-state index contributed by atoms with van der Waals surface area (Å²) in [6.45, 7) is 7.55. The molecule has 1 aliphatic heterocycles. The Morgan fingerprint density at radius 2 is 1.89 bits per heavy atom. The second-order valence-electron chi connectivity index (χ2n) is 6.58. The molecular formula is C19H25N3O5. The molecule has 1 fully saturated rings. The quantitative estimate of drug-likeness (QED) is 0.422. The summed E-state index contributed by atoms with van der Waals surface area (Å²) >= 11 is 0. The number of aliphatic hydroxyl groups is 1. The van der Waals surface area contributed by atoms with Gasteiger partial charge in [-0.05, 0) is 30.3 Å². The normalized spacial score (nSPS) is 16.7. The van der Waals surface area contributed by atoms with E-state index in [2.05, 4.69) is 15.0 Å². The lowest BCUT2D eigenvalue weighted by Gasteiger charge is -2.34. The summed E-state index contributed by atoms with van der Waals surface area (Å²) in [5, 5.41) is 21.8. The van der Waals surface area contributed by atoms with Crippen LogP contribution in [-0.4, -0.2) is 78.4 Å². The van der Waals surface area contributed by atoms with E-state index in [1.807, 2.05) is 12.1 Å². The Hall–Kier alpha value is -2.42. The van der Waals surface area contributed by atoms with Crippen LogP contribution in [0.3, 0.4) is 0 Å². The number of β-amino-alcohol motifs (C(OH)–C–C–N with tert-alkyl or cyclic N) is 1. The van der Waals surface area contributed by atoms with Crippen molar-refractivity contribution in [3.8, 4) is 5.75 Å². The lowest BCUT2D eigenvalue weighted by atomic mass is 10.1. The number of ether oxygens (including phenoxy) is 1. The molecule has 27 heavy (non-hydrogen) atoms. The van der Waals surface area contributed by atoms with Crippen LogP contribution in [0, 0.1) is 0 Å². The van der Waals surface area contributed by atoms with Crippen molar-refractivity contribution in [3.05, 3.63) is 35.4 Å². The largest absolute Gasteiger partial charge is 0.492 e. The summed E-state index contributed by atoms with van der Waals surface area (Å²) in [7, 11) is 0. The third kappa shape index (κ3) is 4.85. The van der Waals surface area contributed by atoms with Crippen LogP contribution >= 0.6 is 0 Å². The Bertz CT molecular complexity index is 856. The maximum atomic E-state index is 11.6. The number of hydrogen-bond acceptors (Lipinski definition) is 8. The minimum absolute atomic E-state index is 0.104. The van der Waals surface area contributed by atoms with Gasteiger partial charge in [0.05, 0.1) is 12.2 Å². The van der Waals surface area contributed by atoms with Crippen LogP contribution in [0.2, 0.25) is 0 Å². The van der Waals surface area contributed by atoms with Crippen molar-refractivity contribution in [1.29, 1.82) is 0 Å². The Kier molecular flexibility index (Phi) is 6.44. The van der Waals surface area contributed by atoms with E-state index < -0.39 is 0 Å². The molecule has 2 N–H and O–H groups in total. The second kappa shape index (κ2) is 8.98. The van der Waals surface area contributed by atoms with Crippen LogP contribution in [0.25, 0.3) is 11.0 Å². The van der Waals surface area contributed by atoms with E-state index in [-0.39, 0.29) is 23.5 Å². The predicted molar refractivity (Wildman–Crippen MR) is 99.0 cm³/mol. The van der Waals surface area contributed by atoms with Crippen molar-refractivity contribution in [2.45, 2.75) is 6.92 Å². The first-order valence-corrected chi connectivity index (χ1v) is 9.06. The van der Waals surface area contributed by atoms with Gasteiger partial charge in [-0.25, -0.2) is 0 Å². The van der Waals surface area contributed by atoms with E-state index in [1.165, 1.54) is 6.92 Å². The highest BCUT2D eigenvalue weighted by molar-refractivity contribution is 5.96. The fourth-order valence-electron chi connectivity index (χ4n) is 3.19. The maximum absolute atomic E-state index is 11.6. The molecule has 1 saturated heterocycles. The first-order chi connectivity index (χ1) is 13.1. The molecule has 0 radical (unpaired) electrons. The highest BCUT2D eigenvalue weighted by Gasteiger charge is 2.16. The zero-order valence-corrected chi connectivity index (χ0v) is 15.4. The number of carbonyl (C=O) groups is 1. The van der Waals surface area contributed by atoms with Gasteiger partial charge in [-0.2, -0.15) is 0 Å². The van der Waals surface area contributed by atoms with E-state index in [0.717, 1.165) is 44.7 Å². The van der Waals surface area contributed by atoms with E-state index in [9.17, 15) is 4.79 Å². The van der Waals surface area contributed by atoms with Gasteiger partial charge in [0, 0.05) is 50.7 Å². The Morgan fingerprint density at radius 3 is 2.52 bits per heavy atom. The summed E-state index contributed by atoms with van der Waals surface area (Å²) in [6.07, 6.45) is 0. The van der Waals surface area contributed by atoms with Gasteiger partial charge in [-0.15, -0.1) is 0 Å². The summed E-state index contributed by atoms with van der Waals surface area (Å²) in [6, 6.07) is 7.02. The molecule has 0 atom stereocenters. The van der Waals surface area contributed by atoms with Crippen molar-refractivity contribution >= 4 is 16.8 Å². The SMILES string of the molecule is CC(=O)c1cc2ccc(OCCN3CCN(CCO)CC3)cc2oc1=NO. The molecule has 0 unspecified atom stereocenters. The third-order valence-corrected chi connectivity index (χ3v) is 4.75. The van der Waals surface area contributed by atoms with Gasteiger partial charge in [0.1, 0.15) is 17.9 Å². The lowest BCUT2D eigenvalue weighted by Crippen LogP contribution is -2.48.